The molecule has 0 aromatic heterocycles. The quantitative estimate of drug-likeness (QED) is 0.0936. The zero-order chi connectivity index (χ0) is 40.7. The first-order valence-electron chi connectivity index (χ1n) is 20.5. The first kappa shape index (κ1) is 47.3. The number of ether oxygens (including phenoxy) is 8. The van der Waals surface area contributed by atoms with Crippen LogP contribution >= 0.6 is 69.8 Å². The minimum atomic E-state index is -3.48. The maximum atomic E-state index is 11.3. The van der Waals surface area contributed by atoms with Gasteiger partial charge in [0.15, 0.2) is 23.1 Å². The Labute approximate surface area is 365 Å². The fraction of sp³-hybridized carbons (Fsp3) is 1.00. The zero-order valence-corrected chi connectivity index (χ0v) is 41.0. The molecule has 9 aliphatic rings. The molecule has 326 valence electrons. The Kier molecular flexibility index (Phi) is 15.6. The Hall–Kier alpha value is 1.80. The molecular weight excluding hydrogens is 904 g/mol. The van der Waals surface area contributed by atoms with Gasteiger partial charge >= 0.3 is 0 Å². The highest BCUT2D eigenvalue weighted by atomic mass is 79.9. The van der Waals surface area contributed by atoms with Crippen LogP contribution in [-0.2, 0) is 46.9 Å². The Morgan fingerprint density at radius 2 is 0.857 bits per heavy atom. The molecule has 0 unspecified atom stereocenters. The van der Waals surface area contributed by atoms with Crippen LogP contribution in [0.5, 0.6) is 0 Å². The molecule has 0 radical (unpaired) electrons. The van der Waals surface area contributed by atoms with Gasteiger partial charge in [0.1, 0.15) is 0 Å². The summed E-state index contributed by atoms with van der Waals surface area (Å²) >= 11 is 3.32. The molecule has 17 heteroatoms. The summed E-state index contributed by atoms with van der Waals surface area (Å²) in [6, 6.07) is 0. The molecule has 10 nitrogen and oxygen atoms in total. The lowest BCUT2D eigenvalue weighted by molar-refractivity contribution is -0.139. The Morgan fingerprint density at radius 3 is 1.07 bits per heavy atom. The molecule has 0 bridgehead atoms. The van der Waals surface area contributed by atoms with Crippen molar-refractivity contribution < 1.29 is 46.3 Å². The van der Waals surface area contributed by atoms with Crippen LogP contribution in [0.1, 0.15) is 139 Å². The van der Waals surface area contributed by atoms with E-state index >= 15 is 0 Å². The van der Waals surface area contributed by atoms with Crippen LogP contribution in [0.25, 0.3) is 0 Å². The summed E-state index contributed by atoms with van der Waals surface area (Å²) in [7, 11) is 10.4. The highest BCUT2D eigenvalue weighted by molar-refractivity contribution is 9.09. The van der Waals surface area contributed by atoms with Crippen molar-refractivity contribution in [2.24, 2.45) is 0 Å². The molecule has 56 heavy (non-hydrogen) atoms. The zero-order valence-electron chi connectivity index (χ0n) is 34.6. The molecular formula is C39H66BrClO10S5. The van der Waals surface area contributed by atoms with Crippen LogP contribution in [0.3, 0.4) is 0 Å². The lowest BCUT2D eigenvalue weighted by Crippen LogP contribution is -2.28. The minimum absolute atomic E-state index is 0.156. The van der Waals surface area contributed by atoms with Crippen LogP contribution in [0.4, 0.5) is 0 Å². The maximum absolute atomic E-state index is 11.3. The van der Waals surface area contributed by atoms with Gasteiger partial charge in [-0.15, -0.1) is 0 Å². The first-order valence-corrected chi connectivity index (χ1v) is 28.3. The Balaban J connectivity index is 0.000000141. The van der Waals surface area contributed by atoms with E-state index in [0.717, 1.165) is 41.9 Å². The fourth-order valence-corrected chi connectivity index (χ4v) is 15.8. The molecule has 9 fully saturated rings. The van der Waals surface area contributed by atoms with E-state index in [1.165, 1.54) is 51.4 Å². The van der Waals surface area contributed by atoms with Crippen molar-refractivity contribution in [1.82, 2.24) is 0 Å². The summed E-state index contributed by atoms with van der Waals surface area (Å²) in [6.07, 6.45) is 15.8. The highest BCUT2D eigenvalue weighted by Crippen LogP contribution is 2.66. The molecule has 4 saturated heterocycles. The van der Waals surface area contributed by atoms with E-state index in [9.17, 15) is 8.42 Å². The molecule has 0 amide bonds. The van der Waals surface area contributed by atoms with Crippen LogP contribution in [0.2, 0.25) is 0 Å². The predicted octanol–water partition coefficient (Wildman–Crippen LogP) is 10.4. The van der Waals surface area contributed by atoms with Gasteiger partial charge in [-0.2, -0.15) is 0 Å². The summed E-state index contributed by atoms with van der Waals surface area (Å²) in [5.74, 6) is -1.76. The molecule has 4 atom stereocenters. The van der Waals surface area contributed by atoms with Crippen LogP contribution in [0.15, 0.2) is 0 Å². The number of hydrogen-bond donors (Lipinski definition) is 0. The van der Waals surface area contributed by atoms with Crippen LogP contribution < -0.4 is 0 Å². The van der Waals surface area contributed by atoms with Crippen LogP contribution in [-0.4, -0.2) is 112 Å². The summed E-state index contributed by atoms with van der Waals surface area (Å²) in [6.45, 7) is 18.2. The summed E-state index contributed by atoms with van der Waals surface area (Å²) in [4.78, 5) is 0. The van der Waals surface area contributed by atoms with E-state index in [1.54, 1.807) is 0 Å². The van der Waals surface area contributed by atoms with E-state index in [1.807, 2.05) is 55.4 Å². The maximum Gasteiger partial charge on any atom is 0.238 e. The largest absolute Gasteiger partial charge is 0.348 e. The van der Waals surface area contributed by atoms with Crippen LogP contribution in [0, 0.1) is 0 Å². The number of rotatable bonds is 14. The lowest BCUT2D eigenvalue weighted by Gasteiger charge is -2.24. The van der Waals surface area contributed by atoms with Crippen molar-refractivity contribution in [2.45, 2.75) is 211 Å². The van der Waals surface area contributed by atoms with Crippen molar-refractivity contribution >= 4 is 78.8 Å². The molecule has 0 aromatic rings. The molecule has 4 heterocycles. The summed E-state index contributed by atoms with van der Waals surface area (Å²) < 4.78 is 67.9. The number of alkyl halides is 1. The molecule has 0 N–H and O–H groups in total. The van der Waals surface area contributed by atoms with Crippen molar-refractivity contribution in [3.05, 3.63) is 0 Å². The normalized spacial score (nSPS) is 34.2. The van der Waals surface area contributed by atoms with Gasteiger partial charge in [0, 0.05) is 36.0 Å². The highest BCUT2D eigenvalue weighted by Gasteiger charge is 2.56. The molecule has 5 saturated carbocycles. The molecule has 5 aliphatic carbocycles. The number of halogens is 2. The Morgan fingerprint density at radius 1 is 0.536 bits per heavy atom. The van der Waals surface area contributed by atoms with E-state index in [4.69, 9.17) is 48.6 Å². The third-order valence-corrected chi connectivity index (χ3v) is 22.1. The Bertz CT molecular complexity index is 1360. The van der Waals surface area contributed by atoms with E-state index in [2.05, 4.69) is 59.1 Å². The van der Waals surface area contributed by atoms with E-state index in [-0.39, 0.29) is 30.2 Å². The SMILES string of the molecule is C1CC1SSC1CC1.CC1(C)OC[C@H](CBr)O1.CC1(C)OC[C@H](CC2(S(=O)(=O)Cl)CC2)O1.CC1(C)OC[C@H](CC2(SSC3(C[C@@H]4COC(C)(C)O4)CC3)CC2)O1. The van der Waals surface area contributed by atoms with Gasteiger partial charge in [-0.05, 0) is 139 Å². The van der Waals surface area contributed by atoms with Crippen molar-refractivity contribution in [1.29, 1.82) is 0 Å². The van der Waals surface area contributed by atoms with Crippen molar-refractivity contribution in [2.75, 3.05) is 31.8 Å². The lowest BCUT2D eigenvalue weighted by atomic mass is 10.2. The van der Waals surface area contributed by atoms with E-state index in [0.29, 0.717) is 42.0 Å². The molecule has 0 spiro atoms. The van der Waals surface area contributed by atoms with Gasteiger partial charge in [-0.1, -0.05) is 59.1 Å². The van der Waals surface area contributed by atoms with E-state index < -0.39 is 31.2 Å². The van der Waals surface area contributed by atoms with Gasteiger partial charge < -0.3 is 37.9 Å². The van der Waals surface area contributed by atoms with Crippen molar-refractivity contribution in [3.63, 3.8) is 0 Å². The topological polar surface area (TPSA) is 108 Å². The fourth-order valence-electron chi connectivity index (χ4n) is 6.95. The second kappa shape index (κ2) is 18.5. The van der Waals surface area contributed by atoms with Crippen molar-refractivity contribution in [3.8, 4) is 0 Å². The second-order valence-electron chi connectivity index (χ2n) is 18.8. The third-order valence-electron chi connectivity index (χ3n) is 11.0. The number of hydrogen-bond acceptors (Lipinski definition) is 14. The molecule has 0 aromatic carbocycles. The summed E-state index contributed by atoms with van der Waals surface area (Å²) in [5, 5.41) is 2.97. The van der Waals surface area contributed by atoms with Gasteiger partial charge in [0.25, 0.3) is 0 Å². The molecule has 9 rings (SSSR count). The van der Waals surface area contributed by atoms with Gasteiger partial charge in [-0.3, -0.25) is 0 Å². The average Bonchev–Trinajstić information content (AvgIpc) is 3.89. The smallest absolute Gasteiger partial charge is 0.238 e. The van der Waals surface area contributed by atoms with Gasteiger partial charge in [0.05, 0.1) is 55.6 Å². The summed E-state index contributed by atoms with van der Waals surface area (Å²) in [5.41, 5.74) is 0. The second-order valence-corrected chi connectivity index (χ2v) is 28.4. The monoisotopic (exact) mass is 968 g/mol. The van der Waals surface area contributed by atoms with Gasteiger partial charge in [0.2, 0.25) is 9.05 Å². The third kappa shape index (κ3) is 15.3. The molecule has 4 aliphatic heterocycles. The predicted molar refractivity (Wildman–Crippen MR) is 234 cm³/mol. The standard InChI is InChI=1S/C18H30O4S2.C9H15ClO4S.C6H11BrO2.C6H10S2/c1-15(2)19-11-13(21-15)9-17(5-6-17)23-24-18(7-8-18)10-14-12-20-16(3,4)22-14;1-8(2)13-6-7(14-8)5-9(3-4-9)15(10,11)12;1-6(2)8-4-5(3-7)9-6;1-2-5(1)7-8-6-3-4-6/h13-14H,5-12H2,1-4H3;7H,3-6H2,1-2H3;5H,3-4H2,1-2H3;5-6H,1-4H2/t13-,14+;7-;5-;/m.00./s1. The van der Waals surface area contributed by atoms with Gasteiger partial charge in [-0.25, -0.2) is 8.42 Å². The average molecular weight is 971 g/mol. The minimum Gasteiger partial charge on any atom is -0.348 e. The first-order chi connectivity index (χ1) is 26.0.